The number of hydrogen-bond donors (Lipinski definition) is 1. The molecule has 0 aromatic rings. The average molecular weight is 943 g/mol. The number of amides is 1. The van der Waals surface area contributed by atoms with Gasteiger partial charge in [0, 0.05) is 12.8 Å². The van der Waals surface area contributed by atoms with Crippen LogP contribution in [0.3, 0.4) is 0 Å². The number of nitrogens with zero attached hydrogens (tertiary/aromatic N) is 1. The van der Waals surface area contributed by atoms with Gasteiger partial charge in [0.2, 0.25) is 5.91 Å². The van der Waals surface area contributed by atoms with E-state index < -0.39 is 26.6 Å². The van der Waals surface area contributed by atoms with Gasteiger partial charge in [0.15, 0.2) is 0 Å². The zero-order valence-electron chi connectivity index (χ0n) is 43.1. The lowest BCUT2D eigenvalue weighted by Gasteiger charge is -2.30. The Hall–Kier alpha value is -2.81. The van der Waals surface area contributed by atoms with Crippen molar-refractivity contribution in [1.82, 2.24) is 5.32 Å². The lowest BCUT2D eigenvalue weighted by Crippen LogP contribution is -2.47. The minimum Gasteiger partial charge on any atom is -0.756 e. The van der Waals surface area contributed by atoms with Crippen LogP contribution in [0.1, 0.15) is 207 Å². The third-order valence-electron chi connectivity index (χ3n) is 11.1. The lowest BCUT2D eigenvalue weighted by atomic mass is 10.0. The van der Waals surface area contributed by atoms with Gasteiger partial charge in [-0.2, -0.15) is 0 Å². The molecule has 0 bridgehead atoms. The van der Waals surface area contributed by atoms with Crippen molar-refractivity contribution in [3.63, 3.8) is 0 Å². The fraction of sp³-hybridized carbons (Fsp3) is 0.714. The van der Waals surface area contributed by atoms with Crippen molar-refractivity contribution in [2.45, 2.75) is 219 Å². The van der Waals surface area contributed by atoms with Gasteiger partial charge in [0.05, 0.1) is 33.8 Å². The summed E-state index contributed by atoms with van der Waals surface area (Å²) in [4.78, 5) is 39.7. The van der Waals surface area contributed by atoms with Crippen LogP contribution in [-0.2, 0) is 27.9 Å². The largest absolute Gasteiger partial charge is 0.756 e. The average Bonchev–Trinajstić information content (AvgIpc) is 3.27. The van der Waals surface area contributed by atoms with E-state index >= 15 is 0 Å². The molecule has 3 atom stereocenters. The van der Waals surface area contributed by atoms with Gasteiger partial charge < -0.3 is 28.5 Å². The van der Waals surface area contributed by atoms with E-state index in [1.54, 1.807) is 0 Å². The number of hydrogen-bond acceptors (Lipinski definition) is 7. The molecule has 380 valence electrons. The van der Waals surface area contributed by atoms with Gasteiger partial charge in [0.25, 0.3) is 7.82 Å². The van der Waals surface area contributed by atoms with Gasteiger partial charge in [-0.15, -0.1) is 0 Å². The van der Waals surface area contributed by atoms with Gasteiger partial charge in [-0.3, -0.25) is 14.2 Å². The summed E-state index contributed by atoms with van der Waals surface area (Å²) in [5.74, 6) is -0.598. The van der Waals surface area contributed by atoms with E-state index in [1.165, 1.54) is 57.8 Å². The molecular weight excluding hydrogens is 844 g/mol. The second-order valence-electron chi connectivity index (χ2n) is 18.7. The number of phosphoric acid groups is 1. The maximum atomic E-state index is 13.4. The predicted molar refractivity (Wildman–Crippen MR) is 279 cm³/mol. The summed E-state index contributed by atoms with van der Waals surface area (Å²) in [7, 11) is 1.14. The fourth-order valence-electron chi connectivity index (χ4n) is 7.06. The highest BCUT2D eigenvalue weighted by molar-refractivity contribution is 7.45. The van der Waals surface area contributed by atoms with Crippen LogP contribution in [0.4, 0.5) is 0 Å². The van der Waals surface area contributed by atoms with Crippen LogP contribution in [0.15, 0.2) is 85.1 Å². The Bertz CT molecular complexity index is 1410. The first-order chi connectivity index (χ1) is 31.9. The van der Waals surface area contributed by atoms with Crippen LogP contribution in [0.25, 0.3) is 0 Å². The van der Waals surface area contributed by atoms with E-state index in [0.29, 0.717) is 23.9 Å². The Kier molecular flexibility index (Phi) is 44.0. The lowest BCUT2D eigenvalue weighted by molar-refractivity contribution is -0.870. The van der Waals surface area contributed by atoms with Crippen molar-refractivity contribution in [1.29, 1.82) is 0 Å². The Morgan fingerprint density at radius 3 is 1.62 bits per heavy atom. The molecule has 0 heterocycles. The molecule has 0 saturated heterocycles. The first kappa shape index (κ1) is 63.2. The third-order valence-corrected chi connectivity index (χ3v) is 12.1. The minimum atomic E-state index is -4.70. The number of allylic oxidation sites excluding steroid dienone is 13. The zero-order chi connectivity index (χ0) is 48.7. The normalized spacial score (nSPS) is 14.6. The van der Waals surface area contributed by atoms with Crippen LogP contribution in [0, 0.1) is 0 Å². The number of likely N-dealkylation sites (N-methyl/N-ethyl adjacent to an activating group) is 1. The molecule has 0 aliphatic heterocycles. The van der Waals surface area contributed by atoms with Crippen molar-refractivity contribution < 1.29 is 37.3 Å². The third kappa shape index (κ3) is 46.3. The van der Waals surface area contributed by atoms with E-state index in [-0.39, 0.29) is 31.3 Å². The highest BCUT2D eigenvalue weighted by atomic mass is 31.2. The summed E-state index contributed by atoms with van der Waals surface area (Å²) in [6.45, 7) is 6.54. The number of carbonyl (C=O) groups excluding carboxylic acids is 2. The number of phosphoric ester groups is 1. The monoisotopic (exact) mass is 943 g/mol. The molecule has 10 heteroatoms. The topological polar surface area (TPSA) is 114 Å². The number of nitrogens with one attached hydrogen (secondary N) is 1. The highest BCUT2D eigenvalue weighted by Gasteiger charge is 2.27. The van der Waals surface area contributed by atoms with Crippen molar-refractivity contribution in [2.75, 3.05) is 40.9 Å². The maximum absolute atomic E-state index is 13.4. The van der Waals surface area contributed by atoms with Crippen molar-refractivity contribution in [3.8, 4) is 0 Å². The Morgan fingerprint density at radius 2 is 1.05 bits per heavy atom. The van der Waals surface area contributed by atoms with E-state index in [1.807, 2.05) is 39.4 Å². The van der Waals surface area contributed by atoms with E-state index in [9.17, 15) is 19.0 Å². The maximum Gasteiger partial charge on any atom is 0.306 e. The van der Waals surface area contributed by atoms with Gasteiger partial charge in [0.1, 0.15) is 19.3 Å². The summed E-state index contributed by atoms with van der Waals surface area (Å²) in [6.07, 6.45) is 58.3. The highest BCUT2D eigenvalue weighted by Crippen LogP contribution is 2.38. The second kappa shape index (κ2) is 45.9. The number of unbranched alkanes of at least 4 members (excludes halogenated alkanes) is 20. The molecule has 0 radical (unpaired) electrons. The summed E-state index contributed by atoms with van der Waals surface area (Å²) in [5.41, 5.74) is 0. The summed E-state index contributed by atoms with van der Waals surface area (Å²) in [6, 6.07) is -0.910. The fourth-order valence-corrected chi connectivity index (χ4v) is 7.79. The standard InChI is InChI=1S/C56H99N2O7P/c1-7-10-13-16-19-22-25-28-31-34-37-40-43-46-49-56(60)65-54(47-44-41-38-35-32-29-26-23-20-17-14-11-8-2)53(52-64-66(61,62)63-51-50-58(4,5)6)57-55(59)48-45-42-39-36-33-30-27-24-21-18-15-12-9-3/h10,12-13,15,18-19,21-22,24,27-28,31,44,47,53-54H,7-9,11,14,16-17,20,23,25-26,29-30,32-43,45-46,48-52H2,1-6H3,(H-,57,59,61,62)/b13-10+,15-12+,21-18+,22-19+,27-24-,31-28+,47-44+. The zero-order valence-corrected chi connectivity index (χ0v) is 44.0. The van der Waals surface area contributed by atoms with Crippen molar-refractivity contribution >= 4 is 19.7 Å². The number of carbonyl (C=O) groups is 2. The Labute approximate surface area is 406 Å². The second-order valence-corrected chi connectivity index (χ2v) is 20.1. The number of esters is 1. The summed E-state index contributed by atoms with van der Waals surface area (Å²) in [5, 5.41) is 2.99. The number of quaternary nitrogens is 1. The molecule has 1 amide bonds. The van der Waals surface area contributed by atoms with Gasteiger partial charge >= 0.3 is 5.97 Å². The summed E-state index contributed by atoms with van der Waals surface area (Å²) < 4.78 is 30.1. The minimum absolute atomic E-state index is 0.0343. The van der Waals surface area contributed by atoms with Gasteiger partial charge in [-0.05, 0) is 83.1 Å². The molecule has 0 saturated carbocycles. The van der Waals surface area contributed by atoms with Crippen molar-refractivity contribution in [3.05, 3.63) is 85.1 Å². The molecule has 0 aliphatic carbocycles. The van der Waals surface area contributed by atoms with Crippen molar-refractivity contribution in [2.24, 2.45) is 0 Å². The Morgan fingerprint density at radius 1 is 0.561 bits per heavy atom. The van der Waals surface area contributed by atoms with Gasteiger partial charge in [-0.1, -0.05) is 196 Å². The van der Waals surface area contributed by atoms with Crippen LogP contribution < -0.4 is 10.2 Å². The molecule has 0 aromatic heterocycles. The first-order valence-electron chi connectivity index (χ1n) is 26.4. The van der Waals surface area contributed by atoms with Crippen LogP contribution >= 0.6 is 7.82 Å². The molecule has 3 unspecified atom stereocenters. The molecule has 9 nitrogen and oxygen atoms in total. The molecule has 0 aliphatic rings. The molecule has 0 spiro atoms. The smallest absolute Gasteiger partial charge is 0.306 e. The quantitative estimate of drug-likeness (QED) is 0.0161. The van der Waals surface area contributed by atoms with E-state index in [4.69, 9.17) is 13.8 Å². The van der Waals surface area contributed by atoms with Crippen LogP contribution in [-0.4, -0.2) is 69.4 Å². The van der Waals surface area contributed by atoms with Crippen LogP contribution in [0.5, 0.6) is 0 Å². The first-order valence-corrected chi connectivity index (χ1v) is 27.9. The molecule has 66 heavy (non-hydrogen) atoms. The molecule has 0 fully saturated rings. The van der Waals surface area contributed by atoms with Gasteiger partial charge in [-0.25, -0.2) is 0 Å². The Balaban J connectivity index is 5.52. The molecule has 0 rings (SSSR count). The number of ether oxygens (including phenoxy) is 1. The molecular formula is C56H99N2O7P. The van der Waals surface area contributed by atoms with E-state index in [2.05, 4.69) is 92.9 Å². The molecule has 1 N–H and O–H groups in total. The predicted octanol–water partition coefficient (Wildman–Crippen LogP) is 14.9. The van der Waals surface area contributed by atoms with Crippen LogP contribution in [0.2, 0.25) is 0 Å². The SMILES string of the molecule is CC/C=C/C=C/C=C\CCCCCCCC(=O)NC(COP(=O)([O-])OCC[N+](C)(C)C)C(/C=C/CCCCCCCCCCCCC)OC(=O)CCCCCC/C=C/C/C=C/C/C=C/CC. The molecule has 0 aromatic carbocycles. The summed E-state index contributed by atoms with van der Waals surface area (Å²) >= 11 is 0. The number of rotatable bonds is 46. The van der Waals surface area contributed by atoms with E-state index in [0.717, 1.165) is 103 Å².